The number of hydrogen-bond acceptors (Lipinski definition) is 3. The van der Waals surface area contributed by atoms with Gasteiger partial charge in [0.25, 0.3) is 0 Å². The number of anilines is 1. The van der Waals surface area contributed by atoms with E-state index in [0.29, 0.717) is 11.6 Å². The highest BCUT2D eigenvalue weighted by molar-refractivity contribution is 9.10. The van der Waals surface area contributed by atoms with Gasteiger partial charge in [0, 0.05) is 21.8 Å². The normalized spacial score (nSPS) is 10.6. The second-order valence-electron chi connectivity index (χ2n) is 5.26. The molecular formula is C17H21BrN2OS. The topological polar surface area (TPSA) is 42.0 Å². The zero-order valence-electron chi connectivity index (χ0n) is 12.8. The highest BCUT2D eigenvalue weighted by atomic mass is 79.9. The van der Waals surface area contributed by atoms with Crippen LogP contribution in [0.4, 0.5) is 5.13 Å². The monoisotopic (exact) mass is 380 g/mol. The molecule has 0 spiro atoms. The van der Waals surface area contributed by atoms with Crippen LogP contribution in [-0.2, 0) is 4.79 Å². The Morgan fingerprint density at radius 1 is 1.18 bits per heavy atom. The highest BCUT2D eigenvalue weighted by Gasteiger charge is 2.08. The summed E-state index contributed by atoms with van der Waals surface area (Å²) in [5, 5.41) is 5.54. The maximum atomic E-state index is 11.9. The number of unbranched alkanes of at least 4 members (excludes halogenated alkanes) is 4. The first-order chi connectivity index (χ1) is 10.7. The van der Waals surface area contributed by atoms with Crippen molar-refractivity contribution in [2.45, 2.75) is 45.4 Å². The fourth-order valence-electron chi connectivity index (χ4n) is 2.16. The van der Waals surface area contributed by atoms with Gasteiger partial charge in [-0.05, 0) is 18.6 Å². The first-order valence-corrected chi connectivity index (χ1v) is 9.37. The van der Waals surface area contributed by atoms with Crippen molar-refractivity contribution < 1.29 is 4.79 Å². The summed E-state index contributed by atoms with van der Waals surface area (Å²) in [4.78, 5) is 16.4. The van der Waals surface area contributed by atoms with E-state index in [1.54, 1.807) is 0 Å². The summed E-state index contributed by atoms with van der Waals surface area (Å²) in [6.45, 7) is 2.19. The summed E-state index contributed by atoms with van der Waals surface area (Å²) in [6.07, 6.45) is 6.36. The first-order valence-electron chi connectivity index (χ1n) is 7.70. The molecule has 0 aliphatic carbocycles. The van der Waals surface area contributed by atoms with Gasteiger partial charge in [0.05, 0.1) is 5.69 Å². The van der Waals surface area contributed by atoms with Gasteiger partial charge in [-0.25, -0.2) is 4.98 Å². The Labute approximate surface area is 144 Å². The molecule has 5 heteroatoms. The van der Waals surface area contributed by atoms with E-state index in [-0.39, 0.29) is 5.91 Å². The average Bonchev–Trinajstić information content (AvgIpc) is 2.96. The lowest BCUT2D eigenvalue weighted by molar-refractivity contribution is -0.116. The zero-order valence-corrected chi connectivity index (χ0v) is 15.2. The minimum absolute atomic E-state index is 0.0632. The Bertz CT molecular complexity index is 595. The van der Waals surface area contributed by atoms with Gasteiger partial charge in [0.1, 0.15) is 0 Å². The number of halogens is 1. The molecule has 2 aromatic rings. The van der Waals surface area contributed by atoms with Crippen LogP contribution in [0.5, 0.6) is 0 Å². The van der Waals surface area contributed by atoms with E-state index in [1.807, 2.05) is 29.6 Å². The van der Waals surface area contributed by atoms with E-state index >= 15 is 0 Å². The molecule has 1 heterocycles. The second-order valence-corrected chi connectivity index (χ2v) is 7.03. The van der Waals surface area contributed by atoms with E-state index in [1.165, 1.54) is 30.6 Å². The molecule has 0 unspecified atom stereocenters. The van der Waals surface area contributed by atoms with Crippen LogP contribution in [0.2, 0.25) is 0 Å². The summed E-state index contributed by atoms with van der Waals surface area (Å²) in [5.41, 5.74) is 1.95. The SMILES string of the molecule is CCCCCCCC(=O)Nc1nc(-c2ccc(Br)cc2)cs1. The van der Waals surface area contributed by atoms with Gasteiger partial charge in [-0.3, -0.25) is 4.79 Å². The van der Waals surface area contributed by atoms with E-state index in [4.69, 9.17) is 0 Å². The smallest absolute Gasteiger partial charge is 0.226 e. The Morgan fingerprint density at radius 2 is 1.91 bits per heavy atom. The average molecular weight is 381 g/mol. The third kappa shape index (κ3) is 5.54. The Hall–Kier alpha value is -1.20. The van der Waals surface area contributed by atoms with Crippen molar-refractivity contribution in [3.05, 3.63) is 34.1 Å². The molecule has 3 nitrogen and oxygen atoms in total. The lowest BCUT2D eigenvalue weighted by Gasteiger charge is -2.02. The van der Waals surface area contributed by atoms with Gasteiger partial charge < -0.3 is 5.32 Å². The largest absolute Gasteiger partial charge is 0.302 e. The molecular weight excluding hydrogens is 360 g/mol. The third-order valence-corrected chi connectivity index (χ3v) is 4.68. The minimum Gasteiger partial charge on any atom is -0.302 e. The summed E-state index contributed by atoms with van der Waals surface area (Å²) < 4.78 is 1.04. The van der Waals surface area contributed by atoms with Crippen molar-refractivity contribution in [3.63, 3.8) is 0 Å². The van der Waals surface area contributed by atoms with Crippen LogP contribution in [0, 0.1) is 0 Å². The summed E-state index contributed by atoms with van der Waals surface area (Å²) in [6, 6.07) is 8.00. The van der Waals surface area contributed by atoms with Crippen molar-refractivity contribution >= 4 is 38.3 Å². The Balaban J connectivity index is 1.81. The maximum Gasteiger partial charge on any atom is 0.226 e. The molecule has 22 heavy (non-hydrogen) atoms. The fourth-order valence-corrected chi connectivity index (χ4v) is 3.16. The number of carbonyl (C=O) groups excluding carboxylic acids is 1. The fraction of sp³-hybridized carbons (Fsp3) is 0.412. The number of rotatable bonds is 8. The number of benzene rings is 1. The lowest BCUT2D eigenvalue weighted by atomic mass is 10.1. The summed E-state index contributed by atoms with van der Waals surface area (Å²) in [7, 11) is 0. The van der Waals surface area contributed by atoms with Crippen molar-refractivity contribution in [2.75, 3.05) is 5.32 Å². The zero-order chi connectivity index (χ0) is 15.8. The van der Waals surface area contributed by atoms with Crippen molar-refractivity contribution in [3.8, 4) is 11.3 Å². The predicted molar refractivity (Wildman–Crippen MR) is 97.3 cm³/mol. The lowest BCUT2D eigenvalue weighted by Crippen LogP contribution is -2.10. The number of nitrogens with zero attached hydrogens (tertiary/aromatic N) is 1. The molecule has 1 aromatic heterocycles. The molecule has 118 valence electrons. The molecule has 0 bridgehead atoms. The molecule has 0 aliphatic heterocycles. The van der Waals surface area contributed by atoms with Crippen molar-refractivity contribution in [1.82, 2.24) is 4.98 Å². The second kappa shape index (κ2) is 9.06. The molecule has 1 amide bonds. The highest BCUT2D eigenvalue weighted by Crippen LogP contribution is 2.26. The van der Waals surface area contributed by atoms with Crippen LogP contribution in [-0.4, -0.2) is 10.9 Å². The van der Waals surface area contributed by atoms with E-state index in [0.717, 1.165) is 28.6 Å². The van der Waals surface area contributed by atoms with Gasteiger partial charge in [-0.2, -0.15) is 0 Å². The Morgan fingerprint density at radius 3 is 2.64 bits per heavy atom. The van der Waals surface area contributed by atoms with E-state index in [2.05, 4.69) is 33.2 Å². The van der Waals surface area contributed by atoms with Gasteiger partial charge in [0.2, 0.25) is 5.91 Å². The van der Waals surface area contributed by atoms with Gasteiger partial charge in [0.15, 0.2) is 5.13 Å². The van der Waals surface area contributed by atoms with E-state index < -0.39 is 0 Å². The van der Waals surface area contributed by atoms with Crippen LogP contribution in [0.25, 0.3) is 11.3 Å². The quantitative estimate of drug-likeness (QED) is 0.581. The molecule has 0 saturated heterocycles. The molecule has 0 fully saturated rings. The van der Waals surface area contributed by atoms with Crippen molar-refractivity contribution in [2.24, 2.45) is 0 Å². The molecule has 0 radical (unpaired) electrons. The van der Waals surface area contributed by atoms with Crippen LogP contribution in [0.15, 0.2) is 34.1 Å². The molecule has 1 N–H and O–H groups in total. The van der Waals surface area contributed by atoms with Gasteiger partial charge >= 0.3 is 0 Å². The van der Waals surface area contributed by atoms with Gasteiger partial charge in [-0.1, -0.05) is 60.7 Å². The number of hydrogen-bond donors (Lipinski definition) is 1. The summed E-state index contributed by atoms with van der Waals surface area (Å²) >= 11 is 4.89. The van der Waals surface area contributed by atoms with Gasteiger partial charge in [-0.15, -0.1) is 11.3 Å². The number of aromatic nitrogens is 1. The first kappa shape index (κ1) is 17.2. The molecule has 0 atom stereocenters. The molecule has 0 aliphatic rings. The molecule has 2 rings (SSSR count). The van der Waals surface area contributed by atoms with Crippen LogP contribution in [0.3, 0.4) is 0 Å². The standard InChI is InChI=1S/C17H21BrN2OS/c1-2-3-4-5-6-7-16(21)20-17-19-15(12-22-17)13-8-10-14(18)11-9-13/h8-12H,2-7H2,1H3,(H,19,20,21). The number of thiazole rings is 1. The van der Waals surface area contributed by atoms with E-state index in [9.17, 15) is 4.79 Å². The van der Waals surface area contributed by atoms with Crippen LogP contribution >= 0.6 is 27.3 Å². The predicted octanol–water partition coefficient (Wildman–Crippen LogP) is 5.87. The molecule has 0 saturated carbocycles. The molecule has 1 aromatic carbocycles. The Kier molecular flexibility index (Phi) is 7.06. The summed E-state index contributed by atoms with van der Waals surface area (Å²) in [5.74, 6) is 0.0632. The van der Waals surface area contributed by atoms with Crippen LogP contribution in [0.1, 0.15) is 45.4 Å². The maximum absolute atomic E-state index is 11.9. The number of nitrogens with one attached hydrogen (secondary N) is 1. The van der Waals surface area contributed by atoms with Crippen molar-refractivity contribution in [1.29, 1.82) is 0 Å². The van der Waals surface area contributed by atoms with Crippen LogP contribution < -0.4 is 5.32 Å². The third-order valence-electron chi connectivity index (χ3n) is 3.40. The number of amides is 1. The number of carbonyl (C=O) groups is 1. The minimum atomic E-state index is 0.0632.